The summed E-state index contributed by atoms with van der Waals surface area (Å²) in [6.45, 7) is 6.16. The predicted octanol–water partition coefficient (Wildman–Crippen LogP) is 13.2. The maximum Gasteiger partial charge on any atom is 0.0270 e. The van der Waals surface area contributed by atoms with E-state index < -0.39 is 0 Å². The molecule has 7 aromatic carbocycles. The Morgan fingerprint density at radius 2 is 1.02 bits per heavy atom. The second-order valence-electron chi connectivity index (χ2n) is 10.9. The molecular weight excluding hydrogens is 540 g/mol. The summed E-state index contributed by atoms with van der Waals surface area (Å²) in [5.41, 5.74) is 9.91. The van der Waals surface area contributed by atoms with Crippen molar-refractivity contribution in [2.24, 2.45) is 0 Å². The van der Waals surface area contributed by atoms with Gasteiger partial charge in [0.05, 0.1) is 0 Å². The first kappa shape index (κ1) is 31.1. The Balaban J connectivity index is 0.00000131. The van der Waals surface area contributed by atoms with Gasteiger partial charge in [0, 0.05) is 6.42 Å². The van der Waals surface area contributed by atoms with Gasteiger partial charge in [-0.05, 0) is 89.8 Å². The Labute approximate surface area is 268 Å². The lowest BCUT2D eigenvalue weighted by molar-refractivity contribution is 1.42. The minimum absolute atomic E-state index is 0. The van der Waals surface area contributed by atoms with Crippen LogP contribution in [0.5, 0.6) is 0 Å². The molecule has 0 bridgehead atoms. The third-order valence-electron chi connectivity index (χ3n) is 8.28. The van der Waals surface area contributed by atoms with Gasteiger partial charge < -0.3 is 0 Å². The highest BCUT2D eigenvalue weighted by atomic mass is 14.2. The molecule has 0 aromatic heterocycles. The number of terminal acetylenes is 1. The van der Waals surface area contributed by atoms with Crippen LogP contribution in [0.3, 0.4) is 0 Å². The normalized spacial score (nSPS) is 10.8. The smallest absolute Gasteiger partial charge is 0.0270 e. The van der Waals surface area contributed by atoms with Crippen molar-refractivity contribution in [3.63, 3.8) is 0 Å². The molecule has 0 saturated heterocycles. The highest BCUT2D eigenvalue weighted by Crippen LogP contribution is 2.44. The van der Waals surface area contributed by atoms with E-state index in [1.165, 1.54) is 76.8 Å². The number of hydrogen-bond acceptors (Lipinski definition) is 0. The first-order valence-corrected chi connectivity index (χ1v) is 15.5. The van der Waals surface area contributed by atoms with Gasteiger partial charge in [0.1, 0.15) is 0 Å². The molecule has 45 heavy (non-hydrogen) atoms. The van der Waals surface area contributed by atoms with Gasteiger partial charge in [-0.15, -0.1) is 12.3 Å². The molecule has 0 N–H and O–H groups in total. The average molecular weight is 581 g/mol. The van der Waals surface area contributed by atoms with Crippen LogP contribution in [-0.2, 0) is 0 Å². The number of aryl methyl sites for hydroxylation is 1. The summed E-state index contributed by atoms with van der Waals surface area (Å²) in [7, 11) is 0. The second-order valence-corrected chi connectivity index (χ2v) is 10.9. The van der Waals surface area contributed by atoms with Gasteiger partial charge in [0.2, 0.25) is 0 Å². The van der Waals surface area contributed by atoms with Crippen molar-refractivity contribution in [2.75, 3.05) is 0 Å². The van der Waals surface area contributed by atoms with E-state index in [-0.39, 0.29) is 7.43 Å². The maximum absolute atomic E-state index is 5.40. The molecule has 0 aliphatic carbocycles. The van der Waals surface area contributed by atoms with Crippen molar-refractivity contribution >= 4 is 38.4 Å². The zero-order valence-corrected chi connectivity index (χ0v) is 25.6. The molecule has 0 nitrogen and oxygen atoms in total. The SMILES string of the molecule is C.C#CC/C=C\c1ccc(-c2ccc(-c3c4ccccc4c(-c4ccc5ccccc5c4)c4ccccc34)cc2)cc1C.CC. The van der Waals surface area contributed by atoms with Crippen molar-refractivity contribution in [3.05, 3.63) is 151 Å². The Hall–Kier alpha value is -5.38. The zero-order chi connectivity index (χ0) is 30.5. The molecule has 0 amide bonds. The summed E-state index contributed by atoms with van der Waals surface area (Å²) in [6, 6.07) is 48.8. The van der Waals surface area contributed by atoms with Crippen molar-refractivity contribution in [1.29, 1.82) is 0 Å². The highest BCUT2D eigenvalue weighted by Gasteiger charge is 2.16. The van der Waals surface area contributed by atoms with Crippen LogP contribution in [0.1, 0.15) is 38.8 Å². The fraction of sp³-hybridized carbons (Fsp3) is 0.111. The summed E-state index contributed by atoms with van der Waals surface area (Å²) in [6.07, 6.45) is 10.2. The van der Waals surface area contributed by atoms with E-state index in [0.29, 0.717) is 6.42 Å². The molecule has 0 heteroatoms. The predicted molar refractivity (Wildman–Crippen MR) is 201 cm³/mol. The molecule has 0 unspecified atom stereocenters. The topological polar surface area (TPSA) is 0 Å². The van der Waals surface area contributed by atoms with Crippen molar-refractivity contribution < 1.29 is 0 Å². The first-order valence-electron chi connectivity index (χ1n) is 15.5. The summed E-state index contributed by atoms with van der Waals surface area (Å²) in [5.74, 6) is 2.67. The van der Waals surface area contributed by atoms with Crippen LogP contribution >= 0.6 is 0 Å². The fourth-order valence-corrected chi connectivity index (χ4v) is 6.22. The monoisotopic (exact) mass is 580 g/mol. The van der Waals surface area contributed by atoms with E-state index in [4.69, 9.17) is 6.42 Å². The Morgan fingerprint density at radius 1 is 0.533 bits per heavy atom. The van der Waals surface area contributed by atoms with Crippen molar-refractivity contribution in [3.8, 4) is 45.7 Å². The lowest BCUT2D eigenvalue weighted by atomic mass is 9.85. The van der Waals surface area contributed by atoms with Gasteiger partial charge >= 0.3 is 0 Å². The molecule has 0 atom stereocenters. The lowest BCUT2D eigenvalue weighted by Gasteiger charge is -2.18. The summed E-state index contributed by atoms with van der Waals surface area (Å²) < 4.78 is 0. The molecule has 0 saturated carbocycles. The van der Waals surface area contributed by atoms with E-state index in [9.17, 15) is 0 Å². The first-order chi connectivity index (χ1) is 21.7. The van der Waals surface area contributed by atoms with Gasteiger partial charge in [-0.25, -0.2) is 0 Å². The molecular formula is C45H40. The van der Waals surface area contributed by atoms with E-state index in [0.717, 1.165) is 0 Å². The molecule has 0 aliphatic heterocycles. The Morgan fingerprint density at radius 3 is 1.60 bits per heavy atom. The fourth-order valence-electron chi connectivity index (χ4n) is 6.22. The third-order valence-corrected chi connectivity index (χ3v) is 8.28. The van der Waals surface area contributed by atoms with E-state index in [1.54, 1.807) is 0 Å². The quantitative estimate of drug-likeness (QED) is 0.140. The van der Waals surface area contributed by atoms with Gasteiger partial charge in [-0.3, -0.25) is 0 Å². The number of benzene rings is 7. The highest BCUT2D eigenvalue weighted by molar-refractivity contribution is 6.21. The molecule has 0 spiro atoms. The van der Waals surface area contributed by atoms with Crippen LogP contribution in [0.2, 0.25) is 0 Å². The molecule has 0 heterocycles. The molecule has 7 aromatic rings. The van der Waals surface area contributed by atoms with Crippen LogP contribution in [0.15, 0.2) is 140 Å². The summed E-state index contributed by atoms with van der Waals surface area (Å²) in [5, 5.41) is 7.60. The van der Waals surface area contributed by atoms with Gasteiger partial charge in [-0.1, -0.05) is 161 Å². The number of fused-ring (bicyclic) bond motifs is 3. The second kappa shape index (κ2) is 13.9. The minimum atomic E-state index is 0. The number of rotatable bonds is 5. The van der Waals surface area contributed by atoms with E-state index >= 15 is 0 Å². The lowest BCUT2D eigenvalue weighted by Crippen LogP contribution is -1.91. The van der Waals surface area contributed by atoms with Crippen LogP contribution in [0.4, 0.5) is 0 Å². The standard InChI is InChI=1S/C42H30.C2H6.CH4/c1-3-4-5-12-30-19-25-35(27-29(30)2)32-20-23-33(24-21-32)41-37-15-8-10-17-39(37)42(40-18-11-9-16-38(40)41)36-26-22-31-13-6-7-14-34(31)28-36;1-2;/h1,5-28H,4H2,2H3;1-2H3;1H4/b12-5-;;. The van der Waals surface area contributed by atoms with Crippen LogP contribution in [-0.4, -0.2) is 0 Å². The van der Waals surface area contributed by atoms with Gasteiger partial charge in [0.25, 0.3) is 0 Å². The maximum atomic E-state index is 5.40. The molecule has 7 rings (SSSR count). The Bertz CT molecular complexity index is 2110. The summed E-state index contributed by atoms with van der Waals surface area (Å²) in [4.78, 5) is 0. The van der Waals surface area contributed by atoms with Gasteiger partial charge in [0.15, 0.2) is 0 Å². The molecule has 220 valence electrons. The largest absolute Gasteiger partial charge is 0.120 e. The molecule has 0 fully saturated rings. The Kier molecular flexibility index (Phi) is 9.62. The van der Waals surface area contributed by atoms with E-state index in [2.05, 4.69) is 152 Å². The van der Waals surface area contributed by atoms with Gasteiger partial charge in [-0.2, -0.15) is 0 Å². The van der Waals surface area contributed by atoms with E-state index in [1.807, 2.05) is 19.9 Å². The number of hydrogen-bond donors (Lipinski definition) is 0. The molecule has 0 aliphatic rings. The van der Waals surface area contributed by atoms with Crippen LogP contribution < -0.4 is 0 Å². The van der Waals surface area contributed by atoms with Crippen molar-refractivity contribution in [2.45, 2.75) is 34.6 Å². The average Bonchev–Trinajstić information content (AvgIpc) is 3.08. The molecule has 0 radical (unpaired) electrons. The number of allylic oxidation sites excluding steroid dienone is 1. The summed E-state index contributed by atoms with van der Waals surface area (Å²) >= 11 is 0. The minimum Gasteiger partial charge on any atom is -0.120 e. The van der Waals surface area contributed by atoms with Crippen molar-refractivity contribution in [1.82, 2.24) is 0 Å². The van der Waals surface area contributed by atoms with Crippen LogP contribution in [0.25, 0.3) is 71.8 Å². The zero-order valence-electron chi connectivity index (χ0n) is 25.6. The van der Waals surface area contributed by atoms with Crippen LogP contribution in [0, 0.1) is 19.3 Å². The third kappa shape index (κ3) is 6.04.